The Hall–Kier alpha value is -3.15. The summed E-state index contributed by atoms with van der Waals surface area (Å²) in [7, 11) is 0. The van der Waals surface area contributed by atoms with Crippen molar-refractivity contribution in [2.75, 3.05) is 0 Å². The summed E-state index contributed by atoms with van der Waals surface area (Å²) < 4.78 is 5.16. The predicted octanol–water partition coefficient (Wildman–Crippen LogP) is 1.64. The van der Waals surface area contributed by atoms with Gasteiger partial charge in [0.1, 0.15) is 11.8 Å². The highest BCUT2D eigenvalue weighted by atomic mass is 16.5. The SMILES string of the molecule is O=C(O)c1ccc2c(c1)OC(=O)C(NC(=O)c1ccccc1)C2. The van der Waals surface area contributed by atoms with Crippen LogP contribution in [0.1, 0.15) is 26.3 Å². The molecular formula is C17H13NO5. The van der Waals surface area contributed by atoms with Crippen molar-refractivity contribution in [3.8, 4) is 5.75 Å². The van der Waals surface area contributed by atoms with Crippen LogP contribution in [0.3, 0.4) is 0 Å². The molecule has 1 aliphatic heterocycles. The molecule has 0 bridgehead atoms. The number of hydrogen-bond acceptors (Lipinski definition) is 4. The van der Waals surface area contributed by atoms with Crippen molar-refractivity contribution in [1.29, 1.82) is 0 Å². The monoisotopic (exact) mass is 311 g/mol. The molecule has 2 aromatic rings. The van der Waals surface area contributed by atoms with Gasteiger partial charge in [-0.1, -0.05) is 24.3 Å². The van der Waals surface area contributed by atoms with Crippen LogP contribution in [0.15, 0.2) is 48.5 Å². The molecule has 6 nitrogen and oxygen atoms in total. The molecule has 6 heteroatoms. The van der Waals surface area contributed by atoms with Gasteiger partial charge in [0.05, 0.1) is 5.56 Å². The van der Waals surface area contributed by atoms with E-state index in [4.69, 9.17) is 9.84 Å². The molecule has 1 atom stereocenters. The molecule has 0 aliphatic carbocycles. The number of benzene rings is 2. The standard InChI is InChI=1S/C17H13NO5/c19-15(10-4-2-1-3-5-10)18-13-8-11-6-7-12(16(20)21)9-14(11)23-17(13)22/h1-7,9,13H,8H2,(H,18,19)(H,20,21). The van der Waals surface area contributed by atoms with Crippen molar-refractivity contribution >= 4 is 17.8 Å². The van der Waals surface area contributed by atoms with Gasteiger partial charge in [0, 0.05) is 12.0 Å². The second-order valence-electron chi connectivity index (χ2n) is 5.14. The van der Waals surface area contributed by atoms with E-state index in [1.807, 2.05) is 0 Å². The van der Waals surface area contributed by atoms with E-state index in [2.05, 4.69) is 5.32 Å². The number of hydrogen-bond donors (Lipinski definition) is 2. The molecule has 1 unspecified atom stereocenters. The maximum Gasteiger partial charge on any atom is 0.335 e. The highest BCUT2D eigenvalue weighted by Gasteiger charge is 2.30. The van der Waals surface area contributed by atoms with Gasteiger partial charge >= 0.3 is 11.9 Å². The first kappa shape index (κ1) is 14.8. The Balaban J connectivity index is 1.78. The Labute approximate surface area is 131 Å². The quantitative estimate of drug-likeness (QED) is 0.664. The molecule has 0 saturated heterocycles. The summed E-state index contributed by atoms with van der Waals surface area (Å²) in [4.78, 5) is 35.1. The van der Waals surface area contributed by atoms with Gasteiger partial charge in [-0.15, -0.1) is 0 Å². The van der Waals surface area contributed by atoms with E-state index in [0.29, 0.717) is 11.1 Å². The van der Waals surface area contributed by atoms with Crippen molar-refractivity contribution in [2.45, 2.75) is 12.5 Å². The third-order valence-corrected chi connectivity index (χ3v) is 3.57. The second kappa shape index (κ2) is 5.92. The minimum absolute atomic E-state index is 0.0447. The van der Waals surface area contributed by atoms with Crippen molar-refractivity contribution in [3.05, 3.63) is 65.2 Å². The molecule has 3 rings (SSSR count). The molecule has 0 fully saturated rings. The lowest BCUT2D eigenvalue weighted by molar-refractivity contribution is -0.137. The van der Waals surface area contributed by atoms with Crippen LogP contribution in [0.5, 0.6) is 5.75 Å². The number of ether oxygens (including phenoxy) is 1. The first-order chi connectivity index (χ1) is 11.0. The number of carbonyl (C=O) groups is 3. The number of carboxylic acid groups (broad SMARTS) is 1. The molecule has 1 heterocycles. The molecule has 0 radical (unpaired) electrons. The van der Waals surface area contributed by atoms with E-state index in [-0.39, 0.29) is 23.6 Å². The lowest BCUT2D eigenvalue weighted by Gasteiger charge is -2.24. The number of carbonyl (C=O) groups excluding carboxylic acids is 2. The number of fused-ring (bicyclic) bond motifs is 1. The van der Waals surface area contributed by atoms with E-state index in [1.165, 1.54) is 12.1 Å². The van der Waals surface area contributed by atoms with Crippen molar-refractivity contribution < 1.29 is 24.2 Å². The van der Waals surface area contributed by atoms with Gasteiger partial charge in [-0.3, -0.25) is 4.79 Å². The van der Waals surface area contributed by atoms with Gasteiger partial charge in [-0.2, -0.15) is 0 Å². The van der Waals surface area contributed by atoms with Crippen LogP contribution in [0.2, 0.25) is 0 Å². The van der Waals surface area contributed by atoms with Crippen LogP contribution >= 0.6 is 0 Å². The summed E-state index contributed by atoms with van der Waals surface area (Å²) in [6, 6.07) is 12.1. The molecule has 0 aromatic heterocycles. The average Bonchev–Trinajstić information content (AvgIpc) is 2.55. The Morgan fingerprint density at radius 1 is 1.09 bits per heavy atom. The summed E-state index contributed by atoms with van der Waals surface area (Å²) in [6.45, 7) is 0. The first-order valence-electron chi connectivity index (χ1n) is 6.98. The van der Waals surface area contributed by atoms with E-state index >= 15 is 0 Å². The minimum atomic E-state index is -1.09. The largest absolute Gasteiger partial charge is 0.478 e. The molecular weight excluding hydrogens is 298 g/mol. The molecule has 0 saturated carbocycles. The summed E-state index contributed by atoms with van der Waals surface area (Å²) in [6.07, 6.45) is 0.257. The van der Waals surface area contributed by atoms with Crippen LogP contribution in [0, 0.1) is 0 Å². The number of nitrogens with one attached hydrogen (secondary N) is 1. The molecule has 23 heavy (non-hydrogen) atoms. The minimum Gasteiger partial charge on any atom is -0.478 e. The normalized spacial score (nSPS) is 16.2. The van der Waals surface area contributed by atoms with Crippen LogP contribution in [0.25, 0.3) is 0 Å². The Morgan fingerprint density at radius 2 is 1.83 bits per heavy atom. The number of carboxylic acids is 1. The topological polar surface area (TPSA) is 92.7 Å². The Bertz CT molecular complexity index is 785. The van der Waals surface area contributed by atoms with E-state index in [9.17, 15) is 14.4 Å². The number of rotatable bonds is 3. The van der Waals surface area contributed by atoms with E-state index in [1.54, 1.807) is 36.4 Å². The third kappa shape index (κ3) is 3.06. The van der Waals surface area contributed by atoms with Gasteiger partial charge < -0.3 is 15.2 Å². The smallest absolute Gasteiger partial charge is 0.335 e. The second-order valence-corrected chi connectivity index (χ2v) is 5.14. The zero-order valence-corrected chi connectivity index (χ0v) is 12.0. The summed E-state index contributed by atoms with van der Waals surface area (Å²) in [5.74, 6) is -1.84. The maximum absolute atomic E-state index is 12.1. The number of esters is 1. The summed E-state index contributed by atoms with van der Waals surface area (Å²) in [5, 5.41) is 11.6. The van der Waals surface area contributed by atoms with E-state index in [0.717, 1.165) is 0 Å². The van der Waals surface area contributed by atoms with Crippen LogP contribution in [-0.2, 0) is 11.2 Å². The van der Waals surface area contributed by atoms with Crippen molar-refractivity contribution in [2.24, 2.45) is 0 Å². The van der Waals surface area contributed by atoms with Gasteiger partial charge in [-0.05, 0) is 29.8 Å². The Kier molecular flexibility index (Phi) is 3.80. The summed E-state index contributed by atoms with van der Waals surface area (Å²) in [5.41, 5.74) is 1.17. The number of amides is 1. The fourth-order valence-corrected chi connectivity index (χ4v) is 2.38. The van der Waals surface area contributed by atoms with Crippen LogP contribution in [-0.4, -0.2) is 29.0 Å². The van der Waals surface area contributed by atoms with E-state index < -0.39 is 18.0 Å². The van der Waals surface area contributed by atoms with Gasteiger partial charge in [0.25, 0.3) is 5.91 Å². The Morgan fingerprint density at radius 3 is 2.52 bits per heavy atom. The molecule has 1 amide bonds. The maximum atomic E-state index is 12.1. The van der Waals surface area contributed by atoms with Crippen molar-refractivity contribution in [3.63, 3.8) is 0 Å². The summed E-state index contributed by atoms with van der Waals surface area (Å²) >= 11 is 0. The average molecular weight is 311 g/mol. The zero-order valence-electron chi connectivity index (χ0n) is 12.0. The fraction of sp³-hybridized carbons (Fsp3) is 0.118. The molecule has 2 N–H and O–H groups in total. The van der Waals surface area contributed by atoms with Crippen LogP contribution < -0.4 is 10.1 Å². The highest BCUT2D eigenvalue weighted by Crippen LogP contribution is 2.26. The van der Waals surface area contributed by atoms with Gasteiger partial charge in [-0.25, -0.2) is 9.59 Å². The number of aromatic carboxylic acids is 1. The predicted molar refractivity (Wildman–Crippen MR) is 80.4 cm³/mol. The lowest BCUT2D eigenvalue weighted by Crippen LogP contribution is -2.46. The lowest BCUT2D eigenvalue weighted by atomic mass is 10.00. The van der Waals surface area contributed by atoms with Gasteiger partial charge in [0.15, 0.2) is 0 Å². The van der Waals surface area contributed by atoms with Gasteiger partial charge in [0.2, 0.25) is 0 Å². The van der Waals surface area contributed by atoms with Crippen molar-refractivity contribution in [1.82, 2.24) is 5.32 Å². The van der Waals surface area contributed by atoms with Crippen LogP contribution in [0.4, 0.5) is 0 Å². The molecule has 0 spiro atoms. The third-order valence-electron chi connectivity index (χ3n) is 3.57. The highest BCUT2D eigenvalue weighted by molar-refractivity contribution is 5.97. The fourth-order valence-electron chi connectivity index (χ4n) is 2.38. The first-order valence-corrected chi connectivity index (χ1v) is 6.98. The molecule has 1 aliphatic rings. The molecule has 116 valence electrons. The molecule has 2 aromatic carbocycles. The zero-order chi connectivity index (χ0) is 16.4.